The Morgan fingerprint density at radius 2 is 1.77 bits per heavy atom. The molecule has 0 saturated heterocycles. The maximum Gasteiger partial charge on any atom is 0.273 e. The molecular weight excluding hydrogens is 394 g/mol. The second kappa shape index (κ2) is 8.71. The monoisotopic (exact) mass is 421 g/mol. The summed E-state index contributed by atoms with van der Waals surface area (Å²) < 4.78 is 16.7. The number of ether oxygens (including phenoxy) is 3. The number of fused-ring (bicyclic) bond motifs is 1. The molecule has 1 unspecified atom stereocenters. The van der Waals surface area contributed by atoms with Crippen molar-refractivity contribution in [1.29, 1.82) is 0 Å². The molecule has 162 valence electrons. The first kappa shape index (κ1) is 20.8. The number of carbonyl (C=O) groups is 1. The van der Waals surface area contributed by atoms with Crippen LogP contribution in [0.25, 0.3) is 11.3 Å². The van der Waals surface area contributed by atoms with Gasteiger partial charge in [-0.1, -0.05) is 6.92 Å². The molecule has 1 amide bonds. The summed E-state index contributed by atoms with van der Waals surface area (Å²) in [6.07, 6.45) is 0.838. The number of aromatic amines is 1. The molecule has 1 aromatic heterocycles. The summed E-state index contributed by atoms with van der Waals surface area (Å²) in [5.41, 5.74) is 3.91. The quantitative estimate of drug-likeness (QED) is 0.582. The predicted molar refractivity (Wildman–Crippen MR) is 118 cm³/mol. The van der Waals surface area contributed by atoms with Gasteiger partial charge in [-0.25, -0.2) is 0 Å². The van der Waals surface area contributed by atoms with E-state index in [0.29, 0.717) is 30.3 Å². The normalized spacial score (nSPS) is 15.2. The van der Waals surface area contributed by atoms with E-state index in [4.69, 9.17) is 14.2 Å². The van der Waals surface area contributed by atoms with E-state index >= 15 is 0 Å². The lowest BCUT2D eigenvalue weighted by atomic mass is 9.95. The Morgan fingerprint density at radius 1 is 1.03 bits per heavy atom. The number of nitrogens with zero attached hydrogens (tertiary/aromatic N) is 2. The lowest BCUT2D eigenvalue weighted by Gasteiger charge is -2.27. The van der Waals surface area contributed by atoms with Crippen molar-refractivity contribution in [2.45, 2.75) is 26.3 Å². The van der Waals surface area contributed by atoms with Gasteiger partial charge in [0.15, 0.2) is 0 Å². The molecule has 2 heterocycles. The lowest BCUT2D eigenvalue weighted by molar-refractivity contribution is 0.0742. The van der Waals surface area contributed by atoms with Crippen LogP contribution >= 0.6 is 0 Å². The number of aromatic nitrogens is 2. The summed E-state index contributed by atoms with van der Waals surface area (Å²) in [5.74, 6) is 2.15. The van der Waals surface area contributed by atoms with Crippen molar-refractivity contribution < 1.29 is 19.0 Å². The summed E-state index contributed by atoms with van der Waals surface area (Å²) in [5, 5.41) is 7.50. The molecule has 0 radical (unpaired) electrons. The van der Waals surface area contributed by atoms with Gasteiger partial charge in [0.05, 0.1) is 32.6 Å². The number of hydrogen-bond donors (Lipinski definition) is 1. The highest BCUT2D eigenvalue weighted by Gasteiger charge is 2.43. The van der Waals surface area contributed by atoms with Gasteiger partial charge in [0.1, 0.15) is 22.9 Å². The molecule has 31 heavy (non-hydrogen) atoms. The van der Waals surface area contributed by atoms with E-state index in [2.05, 4.69) is 17.1 Å². The highest BCUT2D eigenvalue weighted by molar-refractivity contribution is 6.00. The maximum absolute atomic E-state index is 13.3. The van der Waals surface area contributed by atoms with Crippen molar-refractivity contribution in [3.8, 4) is 28.5 Å². The summed E-state index contributed by atoms with van der Waals surface area (Å²) in [4.78, 5) is 15.1. The average molecular weight is 421 g/mol. The maximum atomic E-state index is 13.3. The Kier molecular flexibility index (Phi) is 5.84. The van der Waals surface area contributed by atoms with E-state index in [9.17, 15) is 4.79 Å². The largest absolute Gasteiger partial charge is 0.497 e. The number of H-pyrrole nitrogens is 1. The minimum absolute atomic E-state index is 0.0589. The van der Waals surface area contributed by atoms with Crippen molar-refractivity contribution in [2.24, 2.45) is 0 Å². The van der Waals surface area contributed by atoms with E-state index in [-0.39, 0.29) is 11.9 Å². The van der Waals surface area contributed by atoms with Gasteiger partial charge in [-0.2, -0.15) is 5.10 Å². The Morgan fingerprint density at radius 3 is 2.42 bits per heavy atom. The molecule has 7 nitrogen and oxygen atoms in total. The average Bonchev–Trinajstić information content (AvgIpc) is 3.34. The molecule has 0 spiro atoms. The first-order valence-electron chi connectivity index (χ1n) is 10.5. The van der Waals surface area contributed by atoms with E-state index < -0.39 is 0 Å². The zero-order valence-corrected chi connectivity index (χ0v) is 18.3. The van der Waals surface area contributed by atoms with Gasteiger partial charge in [-0.15, -0.1) is 0 Å². The van der Waals surface area contributed by atoms with Crippen LogP contribution in [0.5, 0.6) is 17.2 Å². The summed E-state index contributed by atoms with van der Waals surface area (Å²) in [6, 6.07) is 13.1. The van der Waals surface area contributed by atoms with Crippen LogP contribution in [0, 0.1) is 0 Å². The zero-order valence-electron chi connectivity index (χ0n) is 18.3. The fraction of sp³-hybridized carbons (Fsp3) is 0.333. The third-order valence-corrected chi connectivity index (χ3v) is 5.50. The third kappa shape index (κ3) is 3.60. The van der Waals surface area contributed by atoms with Gasteiger partial charge in [0.25, 0.3) is 5.91 Å². The number of benzene rings is 2. The molecule has 1 aliphatic heterocycles. The number of amides is 1. The van der Waals surface area contributed by atoms with Crippen LogP contribution in [0.1, 0.15) is 47.9 Å². The van der Waals surface area contributed by atoms with Crippen LogP contribution in [-0.2, 0) is 0 Å². The Bertz CT molecular complexity index is 1070. The zero-order chi connectivity index (χ0) is 22.0. The number of methoxy groups -OCH3 is 2. The number of carbonyl (C=O) groups excluding carboxylic acids is 1. The Balaban J connectivity index is 1.87. The van der Waals surface area contributed by atoms with Crippen LogP contribution in [0.15, 0.2) is 42.5 Å². The second-order valence-electron chi connectivity index (χ2n) is 7.33. The van der Waals surface area contributed by atoms with Crippen molar-refractivity contribution in [3.63, 3.8) is 0 Å². The molecule has 4 rings (SSSR count). The van der Waals surface area contributed by atoms with Crippen LogP contribution in [0.3, 0.4) is 0 Å². The van der Waals surface area contributed by atoms with Crippen molar-refractivity contribution in [1.82, 2.24) is 15.1 Å². The summed E-state index contributed by atoms with van der Waals surface area (Å²) in [6.45, 7) is 5.24. The van der Waals surface area contributed by atoms with Crippen molar-refractivity contribution in [2.75, 3.05) is 27.4 Å². The molecule has 7 heteroatoms. The van der Waals surface area contributed by atoms with E-state index in [1.54, 1.807) is 14.2 Å². The Labute approximate surface area is 181 Å². The van der Waals surface area contributed by atoms with E-state index in [1.165, 1.54) is 0 Å². The standard InChI is InChI=1S/C24H27N3O4/c1-5-13-27-23(18-14-17(29-3)11-12-19(18)30-4)20-21(25-26-22(20)24(27)28)15-7-9-16(10-8-15)31-6-2/h7-12,14,23H,5-6,13H2,1-4H3,(H,25,26). The molecule has 0 bridgehead atoms. The van der Waals surface area contributed by atoms with E-state index in [0.717, 1.165) is 34.6 Å². The van der Waals surface area contributed by atoms with E-state index in [1.807, 2.05) is 54.3 Å². The SMILES string of the molecule is CCCN1C(=O)c2[nH]nc(-c3ccc(OCC)cc3)c2C1c1cc(OC)ccc1OC. The molecule has 1 atom stereocenters. The van der Waals surface area contributed by atoms with Crippen LogP contribution < -0.4 is 14.2 Å². The van der Waals surface area contributed by atoms with Gasteiger partial charge in [-0.3, -0.25) is 9.89 Å². The minimum atomic E-state index is -0.326. The number of hydrogen-bond acceptors (Lipinski definition) is 5. The smallest absolute Gasteiger partial charge is 0.273 e. The molecule has 2 aromatic carbocycles. The van der Waals surface area contributed by atoms with Crippen molar-refractivity contribution in [3.05, 3.63) is 59.3 Å². The molecule has 3 aromatic rings. The molecule has 1 aliphatic rings. The summed E-state index contributed by atoms with van der Waals surface area (Å²) in [7, 11) is 3.26. The fourth-order valence-electron chi connectivity index (χ4n) is 4.14. The minimum Gasteiger partial charge on any atom is -0.497 e. The van der Waals surface area contributed by atoms with Gasteiger partial charge in [0, 0.05) is 23.2 Å². The Hall–Kier alpha value is -3.48. The van der Waals surface area contributed by atoms with Gasteiger partial charge in [-0.05, 0) is 55.8 Å². The topological polar surface area (TPSA) is 76.7 Å². The van der Waals surface area contributed by atoms with Gasteiger partial charge in [0.2, 0.25) is 0 Å². The fourth-order valence-corrected chi connectivity index (χ4v) is 4.14. The molecule has 1 N–H and O–H groups in total. The van der Waals surface area contributed by atoms with Crippen molar-refractivity contribution >= 4 is 5.91 Å². The molecule has 0 aliphatic carbocycles. The third-order valence-electron chi connectivity index (χ3n) is 5.50. The van der Waals surface area contributed by atoms with Crippen LogP contribution in [0.4, 0.5) is 0 Å². The first-order valence-corrected chi connectivity index (χ1v) is 10.5. The predicted octanol–water partition coefficient (Wildman–Crippen LogP) is 4.45. The number of nitrogens with one attached hydrogen (secondary N) is 1. The van der Waals surface area contributed by atoms with Crippen LogP contribution in [0.2, 0.25) is 0 Å². The first-order chi connectivity index (χ1) is 15.1. The van der Waals surface area contributed by atoms with Crippen LogP contribution in [-0.4, -0.2) is 48.4 Å². The lowest BCUT2D eigenvalue weighted by Crippen LogP contribution is -2.30. The highest BCUT2D eigenvalue weighted by atomic mass is 16.5. The highest BCUT2D eigenvalue weighted by Crippen LogP contribution is 2.46. The second-order valence-corrected chi connectivity index (χ2v) is 7.33. The molecule has 0 saturated carbocycles. The molecule has 0 fully saturated rings. The summed E-state index contributed by atoms with van der Waals surface area (Å²) >= 11 is 0. The van der Waals surface area contributed by atoms with Gasteiger partial charge >= 0.3 is 0 Å². The molecular formula is C24H27N3O4. The number of rotatable bonds is 8. The van der Waals surface area contributed by atoms with Gasteiger partial charge < -0.3 is 19.1 Å².